The van der Waals surface area contributed by atoms with Crippen LogP contribution in [0.15, 0.2) is 0 Å². The number of primary amides is 1. The fraction of sp³-hybridized carbons (Fsp3) is 0.800. The van der Waals surface area contributed by atoms with Gasteiger partial charge in [0.15, 0.2) is 0 Å². The Morgan fingerprint density at radius 2 is 2.00 bits per heavy atom. The third kappa shape index (κ3) is 8.19. The Hall–Kier alpha value is -1.14. The number of nitrogens with one attached hydrogen (secondary N) is 1. The van der Waals surface area contributed by atoms with Gasteiger partial charge in [0, 0.05) is 13.1 Å². The van der Waals surface area contributed by atoms with E-state index in [0.717, 1.165) is 12.8 Å². The Balaban J connectivity index is 3.97. The lowest BCUT2D eigenvalue weighted by Crippen LogP contribution is -2.42. The monoisotopic (exact) mass is 230 g/mol. The molecule has 6 heteroatoms. The third-order valence-corrected chi connectivity index (χ3v) is 2.04. The van der Waals surface area contributed by atoms with Gasteiger partial charge in [-0.05, 0) is 13.0 Å². The summed E-state index contributed by atoms with van der Waals surface area (Å²) >= 11 is 0. The summed E-state index contributed by atoms with van der Waals surface area (Å²) < 4.78 is 0. The number of nitrogens with two attached hydrogens (primary N) is 2. The lowest BCUT2D eigenvalue weighted by Gasteiger charge is -2.19. The van der Waals surface area contributed by atoms with Gasteiger partial charge in [-0.15, -0.1) is 0 Å². The SMILES string of the molecule is CCCCN(CC(N)=O)CC(=O)NCCN. The third-order valence-electron chi connectivity index (χ3n) is 2.04. The van der Waals surface area contributed by atoms with E-state index in [1.165, 1.54) is 0 Å². The molecule has 0 aromatic carbocycles. The summed E-state index contributed by atoms with van der Waals surface area (Å²) in [6.45, 7) is 3.94. The van der Waals surface area contributed by atoms with Gasteiger partial charge in [0.2, 0.25) is 11.8 Å². The first kappa shape index (κ1) is 14.9. The summed E-state index contributed by atoms with van der Waals surface area (Å²) in [7, 11) is 0. The second kappa shape index (κ2) is 9.11. The Bertz CT molecular complexity index is 221. The van der Waals surface area contributed by atoms with Crippen LogP contribution in [0.4, 0.5) is 0 Å². The van der Waals surface area contributed by atoms with Crippen molar-refractivity contribution in [1.82, 2.24) is 10.2 Å². The van der Waals surface area contributed by atoms with Crippen LogP contribution in [0.25, 0.3) is 0 Å². The normalized spacial score (nSPS) is 10.4. The minimum Gasteiger partial charge on any atom is -0.369 e. The number of hydrogen-bond acceptors (Lipinski definition) is 4. The van der Waals surface area contributed by atoms with Crippen LogP contribution in [0.2, 0.25) is 0 Å². The number of unbranched alkanes of at least 4 members (excludes halogenated alkanes) is 1. The van der Waals surface area contributed by atoms with Gasteiger partial charge in [0.05, 0.1) is 13.1 Å². The number of amides is 2. The highest BCUT2D eigenvalue weighted by Crippen LogP contribution is 1.94. The molecule has 0 aromatic heterocycles. The molecule has 0 atom stereocenters. The van der Waals surface area contributed by atoms with Gasteiger partial charge in [-0.1, -0.05) is 13.3 Å². The Labute approximate surface area is 96.3 Å². The first-order valence-electron chi connectivity index (χ1n) is 5.57. The summed E-state index contributed by atoms with van der Waals surface area (Å²) in [4.78, 5) is 23.9. The van der Waals surface area contributed by atoms with Crippen molar-refractivity contribution in [1.29, 1.82) is 0 Å². The lowest BCUT2D eigenvalue weighted by molar-refractivity contribution is -0.123. The highest BCUT2D eigenvalue weighted by Gasteiger charge is 2.11. The summed E-state index contributed by atoms with van der Waals surface area (Å²) in [5.74, 6) is -0.537. The quantitative estimate of drug-likeness (QED) is 0.456. The number of carbonyl (C=O) groups excluding carboxylic acids is 2. The summed E-state index contributed by atoms with van der Waals surface area (Å²) in [6.07, 6.45) is 1.96. The van der Waals surface area contributed by atoms with E-state index in [4.69, 9.17) is 11.5 Å². The molecular formula is C10H22N4O2. The fourth-order valence-corrected chi connectivity index (χ4v) is 1.29. The largest absolute Gasteiger partial charge is 0.369 e. The Kier molecular flexibility index (Phi) is 8.46. The zero-order valence-corrected chi connectivity index (χ0v) is 9.87. The lowest BCUT2D eigenvalue weighted by atomic mass is 10.3. The maximum atomic E-state index is 11.4. The minimum absolute atomic E-state index is 0.121. The van der Waals surface area contributed by atoms with Crippen molar-refractivity contribution >= 4 is 11.8 Å². The minimum atomic E-state index is -0.414. The van der Waals surface area contributed by atoms with E-state index >= 15 is 0 Å². The topological polar surface area (TPSA) is 101 Å². The molecule has 0 unspecified atom stereocenters. The van der Waals surface area contributed by atoms with E-state index in [1.54, 1.807) is 4.90 Å². The molecule has 0 aliphatic carbocycles. The maximum Gasteiger partial charge on any atom is 0.234 e. The van der Waals surface area contributed by atoms with Gasteiger partial charge in [-0.25, -0.2) is 0 Å². The zero-order valence-electron chi connectivity index (χ0n) is 9.87. The van der Waals surface area contributed by atoms with Crippen molar-refractivity contribution in [2.45, 2.75) is 19.8 Å². The predicted octanol–water partition coefficient (Wildman–Crippen LogP) is -1.35. The molecule has 0 aromatic rings. The van der Waals surface area contributed by atoms with E-state index in [2.05, 4.69) is 12.2 Å². The molecule has 94 valence electrons. The van der Waals surface area contributed by atoms with Crippen molar-refractivity contribution in [3.63, 3.8) is 0 Å². The van der Waals surface area contributed by atoms with Crippen LogP contribution in [-0.2, 0) is 9.59 Å². The molecule has 2 amide bonds. The van der Waals surface area contributed by atoms with Gasteiger partial charge in [0.25, 0.3) is 0 Å². The summed E-state index contributed by atoms with van der Waals surface area (Å²) in [5, 5.41) is 2.65. The summed E-state index contributed by atoms with van der Waals surface area (Å²) in [5.41, 5.74) is 10.4. The van der Waals surface area contributed by atoms with Gasteiger partial charge in [-0.2, -0.15) is 0 Å². The average Bonchev–Trinajstić information content (AvgIpc) is 2.22. The molecule has 5 N–H and O–H groups in total. The molecule has 0 saturated heterocycles. The molecule has 16 heavy (non-hydrogen) atoms. The van der Waals surface area contributed by atoms with Crippen molar-refractivity contribution < 1.29 is 9.59 Å². The molecule has 0 radical (unpaired) electrons. The van der Waals surface area contributed by atoms with E-state index in [1.807, 2.05) is 0 Å². The average molecular weight is 230 g/mol. The molecule has 0 fully saturated rings. The van der Waals surface area contributed by atoms with Crippen LogP contribution in [-0.4, -0.2) is 49.4 Å². The molecule has 0 spiro atoms. The highest BCUT2D eigenvalue weighted by atomic mass is 16.2. The van der Waals surface area contributed by atoms with E-state index in [0.29, 0.717) is 19.6 Å². The highest BCUT2D eigenvalue weighted by molar-refractivity contribution is 5.80. The van der Waals surface area contributed by atoms with Crippen LogP contribution in [0.3, 0.4) is 0 Å². The maximum absolute atomic E-state index is 11.4. The first-order chi connectivity index (χ1) is 7.60. The Morgan fingerprint density at radius 1 is 1.31 bits per heavy atom. The number of nitrogens with zero attached hydrogens (tertiary/aromatic N) is 1. The number of carbonyl (C=O) groups is 2. The van der Waals surface area contributed by atoms with Crippen LogP contribution in [0, 0.1) is 0 Å². The first-order valence-corrected chi connectivity index (χ1v) is 5.57. The van der Waals surface area contributed by atoms with Crippen LogP contribution < -0.4 is 16.8 Å². The molecular weight excluding hydrogens is 208 g/mol. The van der Waals surface area contributed by atoms with Gasteiger partial charge in [-0.3, -0.25) is 14.5 Å². The van der Waals surface area contributed by atoms with Crippen LogP contribution in [0.1, 0.15) is 19.8 Å². The Morgan fingerprint density at radius 3 is 2.50 bits per heavy atom. The van der Waals surface area contributed by atoms with E-state index < -0.39 is 5.91 Å². The van der Waals surface area contributed by atoms with Gasteiger partial charge >= 0.3 is 0 Å². The molecule has 0 rings (SSSR count). The molecule has 0 heterocycles. The predicted molar refractivity (Wildman–Crippen MR) is 62.6 cm³/mol. The van der Waals surface area contributed by atoms with Crippen LogP contribution >= 0.6 is 0 Å². The van der Waals surface area contributed by atoms with Crippen molar-refractivity contribution in [2.75, 3.05) is 32.7 Å². The number of hydrogen-bond donors (Lipinski definition) is 3. The second-order valence-electron chi connectivity index (χ2n) is 3.67. The molecule has 6 nitrogen and oxygen atoms in total. The van der Waals surface area contributed by atoms with E-state index in [9.17, 15) is 9.59 Å². The molecule has 0 aliphatic heterocycles. The molecule has 0 aliphatic rings. The van der Waals surface area contributed by atoms with Crippen LogP contribution in [0.5, 0.6) is 0 Å². The molecule has 0 bridgehead atoms. The van der Waals surface area contributed by atoms with Gasteiger partial charge in [0.1, 0.15) is 0 Å². The van der Waals surface area contributed by atoms with Gasteiger partial charge < -0.3 is 16.8 Å². The zero-order chi connectivity index (χ0) is 12.4. The standard InChI is InChI=1S/C10H22N4O2/c1-2-3-6-14(7-9(12)15)8-10(16)13-5-4-11/h2-8,11H2,1H3,(H2,12,15)(H,13,16). The summed E-state index contributed by atoms with van der Waals surface area (Å²) in [6, 6.07) is 0. The van der Waals surface area contributed by atoms with Crippen molar-refractivity contribution in [3.8, 4) is 0 Å². The smallest absolute Gasteiger partial charge is 0.234 e. The second-order valence-corrected chi connectivity index (χ2v) is 3.67. The van der Waals surface area contributed by atoms with Crippen molar-refractivity contribution in [3.05, 3.63) is 0 Å². The fourth-order valence-electron chi connectivity index (χ4n) is 1.29. The van der Waals surface area contributed by atoms with E-state index in [-0.39, 0.29) is 19.0 Å². The number of rotatable bonds is 9. The molecule has 0 saturated carbocycles. The van der Waals surface area contributed by atoms with Crippen molar-refractivity contribution in [2.24, 2.45) is 11.5 Å².